The summed E-state index contributed by atoms with van der Waals surface area (Å²) in [5.41, 5.74) is 2.81. The Kier molecular flexibility index (Phi) is 6.08. The molecule has 0 saturated carbocycles. The SMILES string of the molecule is COc1ccc(C2=N/C(=C3/C=C(c4cc(OC)c(OC)c(OC)c4)Oc4ccccc43)C(=O)O2)cc1. The normalized spacial score (nSPS) is 16.3. The predicted octanol–water partition coefficient (Wildman–Crippen LogP) is 4.87. The zero-order valence-electron chi connectivity index (χ0n) is 20.2. The molecular formula is C28H23NO7. The van der Waals surface area contributed by atoms with Crippen molar-refractivity contribution in [3.63, 3.8) is 0 Å². The maximum atomic E-state index is 13.0. The second kappa shape index (κ2) is 9.50. The van der Waals surface area contributed by atoms with Gasteiger partial charge in [-0.2, -0.15) is 0 Å². The Morgan fingerprint density at radius 2 is 1.44 bits per heavy atom. The maximum absolute atomic E-state index is 13.0. The van der Waals surface area contributed by atoms with Gasteiger partial charge in [0.1, 0.15) is 17.3 Å². The van der Waals surface area contributed by atoms with Crippen molar-refractivity contribution in [2.24, 2.45) is 4.99 Å². The highest BCUT2D eigenvalue weighted by Crippen LogP contribution is 2.44. The quantitative estimate of drug-likeness (QED) is 0.364. The molecule has 0 spiro atoms. The second-order valence-electron chi connectivity index (χ2n) is 7.82. The van der Waals surface area contributed by atoms with Crippen molar-refractivity contribution < 1.29 is 33.2 Å². The summed E-state index contributed by atoms with van der Waals surface area (Å²) in [5.74, 6) is 2.84. The number of rotatable bonds is 6. The van der Waals surface area contributed by atoms with E-state index in [1.807, 2.05) is 24.3 Å². The molecule has 0 amide bonds. The third-order valence-electron chi connectivity index (χ3n) is 5.81. The van der Waals surface area contributed by atoms with Crippen LogP contribution in [0.25, 0.3) is 11.3 Å². The van der Waals surface area contributed by atoms with Crippen LogP contribution in [0.5, 0.6) is 28.7 Å². The number of hydrogen-bond acceptors (Lipinski definition) is 8. The smallest absolute Gasteiger partial charge is 0.364 e. The van der Waals surface area contributed by atoms with Crippen LogP contribution in [-0.4, -0.2) is 40.3 Å². The van der Waals surface area contributed by atoms with Gasteiger partial charge in [-0.3, -0.25) is 0 Å². The summed E-state index contributed by atoms with van der Waals surface area (Å²) in [6, 6.07) is 18.1. The third kappa shape index (κ3) is 4.02. The van der Waals surface area contributed by atoms with Gasteiger partial charge in [-0.1, -0.05) is 18.2 Å². The number of benzene rings is 3. The largest absolute Gasteiger partial charge is 0.497 e. The van der Waals surface area contributed by atoms with Gasteiger partial charge in [0.2, 0.25) is 11.6 Å². The lowest BCUT2D eigenvalue weighted by Crippen LogP contribution is -2.09. The third-order valence-corrected chi connectivity index (χ3v) is 5.81. The number of aliphatic imine (C=N–C) groups is 1. The monoisotopic (exact) mass is 485 g/mol. The topological polar surface area (TPSA) is 84.8 Å². The van der Waals surface area contributed by atoms with Crippen LogP contribution in [0.4, 0.5) is 0 Å². The summed E-state index contributed by atoms with van der Waals surface area (Å²) < 4.78 is 33.4. The molecular weight excluding hydrogens is 462 g/mol. The standard InChI is InChI=1S/C28H23NO7/c1-31-18-11-9-16(10-12-18)27-29-25(28(30)36-27)20-15-22(35-21-8-6-5-7-19(20)21)17-13-23(32-2)26(34-4)24(14-17)33-3/h5-15H,1-4H3/b25-20-. The molecule has 8 heteroatoms. The van der Waals surface area contributed by atoms with E-state index in [0.29, 0.717) is 51.2 Å². The molecule has 2 aliphatic rings. The Hall–Kier alpha value is -4.72. The highest BCUT2D eigenvalue weighted by Gasteiger charge is 2.31. The van der Waals surface area contributed by atoms with Crippen LogP contribution in [0.2, 0.25) is 0 Å². The van der Waals surface area contributed by atoms with Crippen molar-refractivity contribution in [1.82, 2.24) is 0 Å². The lowest BCUT2D eigenvalue weighted by Gasteiger charge is -2.22. The number of para-hydroxylation sites is 1. The maximum Gasteiger partial charge on any atom is 0.364 e. The van der Waals surface area contributed by atoms with Gasteiger partial charge >= 0.3 is 5.97 Å². The molecule has 0 aromatic heterocycles. The molecule has 0 fully saturated rings. The first kappa shape index (κ1) is 23.0. The van der Waals surface area contributed by atoms with E-state index in [0.717, 1.165) is 5.56 Å². The van der Waals surface area contributed by atoms with Crippen molar-refractivity contribution in [1.29, 1.82) is 0 Å². The summed E-state index contributed by atoms with van der Waals surface area (Å²) in [4.78, 5) is 17.5. The van der Waals surface area contributed by atoms with Gasteiger partial charge in [0.25, 0.3) is 0 Å². The minimum Gasteiger partial charge on any atom is -0.497 e. The van der Waals surface area contributed by atoms with Crippen LogP contribution in [0.1, 0.15) is 16.7 Å². The van der Waals surface area contributed by atoms with Gasteiger partial charge < -0.3 is 28.4 Å². The van der Waals surface area contributed by atoms with E-state index in [1.165, 1.54) is 0 Å². The van der Waals surface area contributed by atoms with Gasteiger partial charge in [0, 0.05) is 22.3 Å². The molecule has 2 heterocycles. The number of methoxy groups -OCH3 is 4. The summed E-state index contributed by atoms with van der Waals surface area (Å²) in [5, 5.41) is 0. The molecule has 0 N–H and O–H groups in total. The van der Waals surface area contributed by atoms with Crippen molar-refractivity contribution in [3.05, 3.63) is 89.1 Å². The minimum atomic E-state index is -0.548. The Bertz CT molecular complexity index is 1410. The highest BCUT2D eigenvalue weighted by molar-refractivity contribution is 6.15. The minimum absolute atomic E-state index is 0.182. The Morgan fingerprint density at radius 1 is 0.750 bits per heavy atom. The first-order valence-corrected chi connectivity index (χ1v) is 11.0. The number of nitrogens with zero attached hydrogens (tertiary/aromatic N) is 1. The van der Waals surface area contributed by atoms with Gasteiger partial charge in [-0.15, -0.1) is 0 Å². The molecule has 0 bridgehead atoms. The Labute approximate surface area is 208 Å². The number of esters is 1. The number of allylic oxidation sites excluding steroid dienone is 2. The Morgan fingerprint density at radius 3 is 2.08 bits per heavy atom. The molecule has 0 unspecified atom stereocenters. The molecule has 36 heavy (non-hydrogen) atoms. The van der Waals surface area contributed by atoms with E-state index in [2.05, 4.69) is 4.99 Å². The number of carbonyl (C=O) groups is 1. The fraction of sp³-hybridized carbons (Fsp3) is 0.143. The zero-order chi connectivity index (χ0) is 25.2. The number of cyclic esters (lactones) is 1. The second-order valence-corrected chi connectivity index (χ2v) is 7.82. The summed E-state index contributed by atoms with van der Waals surface area (Å²) in [6.45, 7) is 0. The van der Waals surface area contributed by atoms with Gasteiger partial charge in [-0.25, -0.2) is 9.79 Å². The molecule has 0 radical (unpaired) electrons. The van der Waals surface area contributed by atoms with Gasteiger partial charge in [-0.05, 0) is 48.5 Å². The lowest BCUT2D eigenvalue weighted by molar-refractivity contribution is -0.129. The van der Waals surface area contributed by atoms with Crippen LogP contribution < -0.4 is 23.7 Å². The van der Waals surface area contributed by atoms with Gasteiger partial charge in [0.05, 0.1) is 28.4 Å². The average molecular weight is 485 g/mol. The molecule has 182 valence electrons. The predicted molar refractivity (Wildman–Crippen MR) is 134 cm³/mol. The molecule has 3 aromatic rings. The van der Waals surface area contributed by atoms with E-state index in [9.17, 15) is 4.79 Å². The number of ether oxygens (including phenoxy) is 6. The fourth-order valence-corrected chi connectivity index (χ4v) is 4.03. The molecule has 3 aromatic carbocycles. The number of hydrogen-bond donors (Lipinski definition) is 0. The van der Waals surface area contributed by atoms with Crippen LogP contribution >= 0.6 is 0 Å². The van der Waals surface area contributed by atoms with Crippen LogP contribution in [0.3, 0.4) is 0 Å². The van der Waals surface area contributed by atoms with E-state index < -0.39 is 5.97 Å². The molecule has 0 atom stereocenters. The Balaban J connectivity index is 1.66. The van der Waals surface area contributed by atoms with Gasteiger partial charge in [0.15, 0.2) is 17.2 Å². The van der Waals surface area contributed by atoms with E-state index in [-0.39, 0.29) is 11.6 Å². The van der Waals surface area contributed by atoms with Crippen LogP contribution in [0, 0.1) is 0 Å². The van der Waals surface area contributed by atoms with Crippen molar-refractivity contribution in [2.75, 3.05) is 28.4 Å². The highest BCUT2D eigenvalue weighted by atomic mass is 16.6. The van der Waals surface area contributed by atoms with Crippen molar-refractivity contribution in [3.8, 4) is 28.7 Å². The first-order chi connectivity index (χ1) is 17.6. The summed E-state index contributed by atoms with van der Waals surface area (Å²) in [6.07, 6.45) is 1.76. The molecule has 8 nitrogen and oxygen atoms in total. The number of fused-ring (bicyclic) bond motifs is 1. The van der Waals surface area contributed by atoms with E-state index in [4.69, 9.17) is 28.4 Å². The lowest BCUT2D eigenvalue weighted by atomic mass is 9.97. The number of carbonyl (C=O) groups excluding carboxylic acids is 1. The zero-order valence-corrected chi connectivity index (χ0v) is 20.2. The summed E-state index contributed by atoms with van der Waals surface area (Å²) in [7, 11) is 6.22. The van der Waals surface area contributed by atoms with E-state index in [1.54, 1.807) is 70.9 Å². The average Bonchev–Trinajstić information content (AvgIpc) is 3.32. The van der Waals surface area contributed by atoms with Crippen molar-refractivity contribution >= 4 is 23.2 Å². The van der Waals surface area contributed by atoms with Crippen LogP contribution in [0.15, 0.2) is 77.4 Å². The van der Waals surface area contributed by atoms with Crippen LogP contribution in [-0.2, 0) is 9.53 Å². The summed E-state index contributed by atoms with van der Waals surface area (Å²) >= 11 is 0. The molecule has 0 saturated heterocycles. The molecule has 5 rings (SSSR count). The first-order valence-electron chi connectivity index (χ1n) is 11.0. The van der Waals surface area contributed by atoms with E-state index >= 15 is 0 Å². The molecule has 0 aliphatic carbocycles. The fourth-order valence-electron chi connectivity index (χ4n) is 4.03. The molecule has 2 aliphatic heterocycles. The van der Waals surface area contributed by atoms with Crippen molar-refractivity contribution in [2.45, 2.75) is 0 Å².